The molecular formula is C14H14N4O2S2. The fraction of sp³-hybridized carbons (Fsp3) is 0.357. The molecule has 3 heterocycles. The highest BCUT2D eigenvalue weighted by Gasteiger charge is 2.24. The Balaban J connectivity index is 1.65. The lowest BCUT2D eigenvalue weighted by molar-refractivity contribution is -0.119. The molecule has 0 aromatic carbocycles. The van der Waals surface area contributed by atoms with Crippen LogP contribution in [0.3, 0.4) is 0 Å². The van der Waals surface area contributed by atoms with E-state index < -0.39 is 0 Å². The van der Waals surface area contributed by atoms with Crippen LogP contribution < -0.4 is 0 Å². The average Bonchev–Trinajstić information content (AvgIpc) is 3.16. The zero-order chi connectivity index (χ0) is 15.5. The zero-order valence-electron chi connectivity index (χ0n) is 12.1. The second-order valence-corrected chi connectivity index (χ2v) is 6.61. The molecule has 8 heteroatoms. The van der Waals surface area contributed by atoms with E-state index in [1.165, 1.54) is 11.8 Å². The van der Waals surface area contributed by atoms with E-state index in [9.17, 15) is 4.79 Å². The minimum atomic E-state index is -0.182. The van der Waals surface area contributed by atoms with Crippen LogP contribution in [-0.2, 0) is 10.5 Å². The van der Waals surface area contributed by atoms with Gasteiger partial charge in [0, 0.05) is 5.71 Å². The van der Waals surface area contributed by atoms with Crippen molar-refractivity contribution in [3.05, 3.63) is 23.4 Å². The van der Waals surface area contributed by atoms with E-state index in [2.05, 4.69) is 20.1 Å². The van der Waals surface area contributed by atoms with Gasteiger partial charge in [0.2, 0.25) is 11.7 Å². The maximum atomic E-state index is 11.9. The van der Waals surface area contributed by atoms with Gasteiger partial charge in [0.15, 0.2) is 5.17 Å². The number of thiophene rings is 1. The van der Waals surface area contributed by atoms with Crippen LogP contribution >= 0.6 is 23.1 Å². The molecule has 22 heavy (non-hydrogen) atoms. The van der Waals surface area contributed by atoms with E-state index in [0.717, 1.165) is 17.0 Å². The molecule has 1 aliphatic heterocycles. The number of hydrogen-bond acceptors (Lipinski definition) is 7. The van der Waals surface area contributed by atoms with E-state index in [0.29, 0.717) is 22.6 Å². The van der Waals surface area contributed by atoms with Crippen LogP contribution in [0.15, 0.2) is 32.0 Å². The largest absolute Gasteiger partial charge is 0.338 e. The van der Waals surface area contributed by atoms with Gasteiger partial charge in [-0.1, -0.05) is 29.9 Å². The number of aromatic nitrogens is 2. The minimum Gasteiger partial charge on any atom is -0.338 e. The molecule has 0 bridgehead atoms. The molecular weight excluding hydrogens is 320 g/mol. The summed E-state index contributed by atoms with van der Waals surface area (Å²) in [5, 5.41) is 6.37. The quantitative estimate of drug-likeness (QED) is 0.856. The highest BCUT2D eigenvalue weighted by Crippen LogP contribution is 2.24. The number of rotatable bonds is 4. The van der Waals surface area contributed by atoms with Crippen LogP contribution in [0.25, 0.3) is 10.7 Å². The number of amidine groups is 1. The summed E-state index contributed by atoms with van der Waals surface area (Å²) in [6, 6.07) is 3.88. The van der Waals surface area contributed by atoms with Gasteiger partial charge in [-0.15, -0.1) is 11.3 Å². The van der Waals surface area contributed by atoms with Crippen LogP contribution in [-0.4, -0.2) is 26.9 Å². The zero-order valence-corrected chi connectivity index (χ0v) is 13.8. The van der Waals surface area contributed by atoms with Crippen LogP contribution in [0.4, 0.5) is 0 Å². The first-order valence-electron chi connectivity index (χ1n) is 6.84. The first-order valence-corrected chi connectivity index (χ1v) is 8.71. The van der Waals surface area contributed by atoms with Crippen molar-refractivity contribution in [1.82, 2.24) is 10.1 Å². The smallest absolute Gasteiger partial charge is 0.256 e. The molecule has 0 saturated carbocycles. The predicted molar refractivity (Wildman–Crippen MR) is 88.2 cm³/mol. The standard InChI is InChI=1S/C14H14N4O2S2/c1-3-9-8(2)15-14(17-13(9)19)22-7-11-16-12(18-20-11)10-5-4-6-21-10/h4-6,9H,3,7H2,1-2H3. The van der Waals surface area contributed by atoms with Crippen molar-refractivity contribution in [3.8, 4) is 10.7 Å². The van der Waals surface area contributed by atoms with Crippen LogP contribution in [0.2, 0.25) is 0 Å². The van der Waals surface area contributed by atoms with Crippen LogP contribution in [0, 0.1) is 5.92 Å². The van der Waals surface area contributed by atoms with Gasteiger partial charge in [0.1, 0.15) is 0 Å². The van der Waals surface area contributed by atoms with Crippen molar-refractivity contribution in [2.45, 2.75) is 26.0 Å². The van der Waals surface area contributed by atoms with Gasteiger partial charge in [-0.2, -0.15) is 9.98 Å². The van der Waals surface area contributed by atoms with Crippen molar-refractivity contribution >= 4 is 39.9 Å². The molecule has 0 radical (unpaired) electrons. The molecule has 1 amide bonds. The fourth-order valence-corrected chi connectivity index (χ4v) is 3.47. The summed E-state index contributed by atoms with van der Waals surface area (Å²) >= 11 is 2.89. The third-order valence-corrected chi connectivity index (χ3v) is 4.92. The number of aliphatic imine (C=N–C) groups is 2. The average molecular weight is 334 g/mol. The SMILES string of the molecule is CCC1C(=O)N=C(SCc2nc(-c3cccs3)no2)N=C1C. The summed E-state index contributed by atoms with van der Waals surface area (Å²) in [4.78, 5) is 25.6. The van der Waals surface area contributed by atoms with E-state index >= 15 is 0 Å². The van der Waals surface area contributed by atoms with Crippen molar-refractivity contribution < 1.29 is 9.32 Å². The number of carbonyl (C=O) groups is 1. The lowest BCUT2D eigenvalue weighted by atomic mass is 10.0. The van der Waals surface area contributed by atoms with E-state index in [1.807, 2.05) is 31.4 Å². The van der Waals surface area contributed by atoms with Crippen molar-refractivity contribution in [1.29, 1.82) is 0 Å². The normalized spacial score (nSPS) is 18.3. The Morgan fingerprint density at radius 2 is 2.27 bits per heavy atom. The summed E-state index contributed by atoms with van der Waals surface area (Å²) in [5.74, 6) is 1.21. The van der Waals surface area contributed by atoms with E-state index in [-0.39, 0.29) is 11.8 Å². The molecule has 3 rings (SSSR count). The highest BCUT2D eigenvalue weighted by atomic mass is 32.2. The topological polar surface area (TPSA) is 80.7 Å². The summed E-state index contributed by atoms with van der Waals surface area (Å²) in [6.07, 6.45) is 0.726. The molecule has 0 saturated heterocycles. The lowest BCUT2D eigenvalue weighted by Crippen LogP contribution is -2.25. The first kappa shape index (κ1) is 15.1. The molecule has 114 valence electrons. The summed E-state index contributed by atoms with van der Waals surface area (Å²) in [6.45, 7) is 3.82. The van der Waals surface area contributed by atoms with Crippen LogP contribution in [0.5, 0.6) is 0 Å². The predicted octanol–water partition coefficient (Wildman–Crippen LogP) is 3.41. The van der Waals surface area contributed by atoms with Crippen molar-refractivity contribution in [2.24, 2.45) is 15.9 Å². The molecule has 1 atom stereocenters. The Labute approximate surface area is 135 Å². The Morgan fingerprint density at radius 1 is 1.41 bits per heavy atom. The highest BCUT2D eigenvalue weighted by molar-refractivity contribution is 8.13. The second-order valence-electron chi connectivity index (χ2n) is 4.72. The Kier molecular flexibility index (Phi) is 4.49. The van der Waals surface area contributed by atoms with E-state index in [1.54, 1.807) is 11.3 Å². The number of nitrogens with zero attached hydrogens (tertiary/aromatic N) is 4. The van der Waals surface area contributed by atoms with Gasteiger partial charge in [-0.3, -0.25) is 4.79 Å². The Bertz CT molecular complexity index is 734. The first-order chi connectivity index (χ1) is 10.7. The fourth-order valence-electron chi connectivity index (χ4n) is 2.08. The van der Waals surface area contributed by atoms with Gasteiger partial charge in [0.25, 0.3) is 5.91 Å². The Hall–Kier alpha value is -1.80. The van der Waals surface area contributed by atoms with Gasteiger partial charge in [-0.05, 0) is 24.8 Å². The van der Waals surface area contributed by atoms with E-state index in [4.69, 9.17) is 4.52 Å². The Morgan fingerprint density at radius 3 is 2.95 bits per heavy atom. The molecule has 0 aliphatic carbocycles. The van der Waals surface area contributed by atoms with Gasteiger partial charge in [0.05, 0.1) is 16.5 Å². The van der Waals surface area contributed by atoms with Gasteiger partial charge < -0.3 is 4.52 Å². The van der Waals surface area contributed by atoms with Crippen LogP contribution in [0.1, 0.15) is 26.2 Å². The summed E-state index contributed by atoms with van der Waals surface area (Å²) in [5.41, 5.74) is 0.815. The van der Waals surface area contributed by atoms with Gasteiger partial charge in [-0.25, -0.2) is 4.99 Å². The monoisotopic (exact) mass is 334 g/mol. The molecule has 0 N–H and O–H groups in total. The number of hydrogen-bond donors (Lipinski definition) is 0. The third kappa shape index (κ3) is 3.17. The molecule has 2 aromatic rings. The number of amides is 1. The lowest BCUT2D eigenvalue weighted by Gasteiger charge is -2.15. The third-order valence-electron chi connectivity index (χ3n) is 3.22. The molecule has 2 aromatic heterocycles. The van der Waals surface area contributed by atoms with Crippen molar-refractivity contribution in [3.63, 3.8) is 0 Å². The maximum absolute atomic E-state index is 11.9. The summed E-state index contributed by atoms with van der Waals surface area (Å²) < 4.78 is 5.21. The molecule has 1 aliphatic rings. The maximum Gasteiger partial charge on any atom is 0.256 e. The summed E-state index contributed by atoms with van der Waals surface area (Å²) in [7, 11) is 0. The van der Waals surface area contributed by atoms with Crippen molar-refractivity contribution in [2.75, 3.05) is 0 Å². The van der Waals surface area contributed by atoms with Gasteiger partial charge >= 0.3 is 0 Å². The second kappa shape index (κ2) is 6.53. The minimum absolute atomic E-state index is 0.123. The molecule has 6 nitrogen and oxygen atoms in total. The molecule has 1 unspecified atom stereocenters. The molecule has 0 fully saturated rings. The number of thioether (sulfide) groups is 1. The molecule has 0 spiro atoms. The number of carbonyl (C=O) groups excluding carboxylic acids is 1.